The summed E-state index contributed by atoms with van der Waals surface area (Å²) in [5, 5.41) is 0.138. The molecule has 1 aromatic carbocycles. The normalized spacial score (nSPS) is 11.5. The van der Waals surface area contributed by atoms with Crippen LogP contribution in [0.4, 0.5) is 0 Å². The van der Waals surface area contributed by atoms with Crippen LogP contribution in [0.2, 0.25) is 5.02 Å². The van der Waals surface area contributed by atoms with Crippen molar-refractivity contribution >= 4 is 53.2 Å². The maximum atomic E-state index is 12.3. The Hall–Kier alpha value is -0.340. The number of nitrogens with zero attached hydrogens (tertiary/aromatic N) is 1. The minimum Gasteiger partial charge on any atom is -0.380 e. The summed E-state index contributed by atoms with van der Waals surface area (Å²) in [7, 11) is 2.93. The molecule has 0 saturated carbocycles. The summed E-state index contributed by atoms with van der Waals surface area (Å²) >= 11 is 9.07. The van der Waals surface area contributed by atoms with Crippen LogP contribution >= 0.6 is 38.2 Å². The molecule has 0 heterocycles. The molecule has 0 N–H and O–H groups in total. The Morgan fingerprint density at radius 2 is 2.05 bits per heavy atom. The summed E-state index contributed by atoms with van der Waals surface area (Å²) in [6.07, 6.45) is 0. The van der Waals surface area contributed by atoms with E-state index in [0.29, 0.717) is 19.8 Å². The number of carbonyl (C=O) groups is 1. The average molecular weight is 419 g/mol. The number of rotatable bonds is 6. The summed E-state index contributed by atoms with van der Waals surface area (Å²) in [6, 6.07) is 2.49. The lowest BCUT2D eigenvalue weighted by Crippen LogP contribution is -2.30. The van der Waals surface area contributed by atoms with Gasteiger partial charge < -0.3 is 9.64 Å². The van der Waals surface area contributed by atoms with Crippen LogP contribution in [0.5, 0.6) is 0 Å². The molecule has 0 aliphatic rings. The number of carbonyl (C=O) groups excluding carboxylic acids is 1. The van der Waals surface area contributed by atoms with E-state index in [-0.39, 0.29) is 20.0 Å². The molecule has 1 rings (SSSR count). The zero-order chi connectivity index (χ0) is 16.2. The van der Waals surface area contributed by atoms with Crippen LogP contribution in [-0.2, 0) is 13.8 Å². The molecule has 0 spiro atoms. The van der Waals surface area contributed by atoms with Gasteiger partial charge in [0, 0.05) is 35.4 Å². The molecule has 0 atom stereocenters. The fourth-order valence-corrected chi connectivity index (χ4v) is 4.10. The Kier molecular flexibility index (Phi) is 6.93. The minimum atomic E-state index is -3.98. The van der Waals surface area contributed by atoms with E-state index < -0.39 is 15.0 Å². The highest BCUT2D eigenvalue weighted by molar-refractivity contribution is 9.10. The van der Waals surface area contributed by atoms with E-state index >= 15 is 0 Å². The van der Waals surface area contributed by atoms with Crippen LogP contribution in [0.1, 0.15) is 17.3 Å². The van der Waals surface area contributed by atoms with Crippen molar-refractivity contribution in [3.05, 3.63) is 27.2 Å². The topological polar surface area (TPSA) is 63.7 Å². The number of amides is 1. The third-order valence-corrected chi connectivity index (χ3v) is 5.23. The van der Waals surface area contributed by atoms with E-state index in [2.05, 4.69) is 15.9 Å². The van der Waals surface area contributed by atoms with Crippen molar-refractivity contribution in [3.63, 3.8) is 0 Å². The van der Waals surface area contributed by atoms with Gasteiger partial charge >= 0.3 is 0 Å². The molecular formula is C12H14BrCl2NO4S. The Labute approximate surface area is 141 Å². The van der Waals surface area contributed by atoms with E-state index in [1.54, 1.807) is 7.05 Å². The SMILES string of the molecule is CCOCCN(C)C(=O)c1cc(S(=O)(=O)Cl)c(Br)cc1Cl. The third-order valence-electron chi connectivity index (χ3n) is 2.64. The minimum absolute atomic E-state index is 0.0677. The van der Waals surface area contributed by atoms with Gasteiger partial charge in [-0.1, -0.05) is 11.6 Å². The first-order chi connectivity index (χ1) is 9.68. The van der Waals surface area contributed by atoms with Gasteiger partial charge in [0.15, 0.2) is 0 Å². The molecule has 0 bridgehead atoms. The van der Waals surface area contributed by atoms with Crippen molar-refractivity contribution in [2.75, 3.05) is 26.8 Å². The van der Waals surface area contributed by atoms with Crippen LogP contribution < -0.4 is 0 Å². The van der Waals surface area contributed by atoms with Crippen molar-refractivity contribution in [3.8, 4) is 0 Å². The predicted octanol–water partition coefficient (Wildman–Crippen LogP) is 3.14. The van der Waals surface area contributed by atoms with Gasteiger partial charge in [-0.2, -0.15) is 0 Å². The Morgan fingerprint density at radius 3 is 2.57 bits per heavy atom. The van der Waals surface area contributed by atoms with Gasteiger partial charge in [0.1, 0.15) is 0 Å². The zero-order valence-corrected chi connectivity index (χ0v) is 15.3. The number of hydrogen-bond acceptors (Lipinski definition) is 4. The fraction of sp³-hybridized carbons (Fsp3) is 0.417. The highest BCUT2D eigenvalue weighted by Gasteiger charge is 2.22. The van der Waals surface area contributed by atoms with Gasteiger partial charge in [-0.25, -0.2) is 8.42 Å². The summed E-state index contributed by atoms with van der Waals surface area (Å²) in [5.74, 6) is -0.409. The lowest BCUT2D eigenvalue weighted by atomic mass is 10.2. The summed E-state index contributed by atoms with van der Waals surface area (Å²) in [4.78, 5) is 13.5. The van der Waals surface area contributed by atoms with E-state index in [1.807, 2.05) is 6.92 Å². The second-order valence-corrected chi connectivity index (χ2v) is 7.92. The first kappa shape index (κ1) is 18.7. The molecule has 5 nitrogen and oxygen atoms in total. The summed E-state index contributed by atoms with van der Waals surface area (Å²) < 4.78 is 28.3. The molecule has 118 valence electrons. The third kappa shape index (κ3) is 5.10. The van der Waals surface area contributed by atoms with Gasteiger partial charge in [-0.05, 0) is 35.0 Å². The van der Waals surface area contributed by atoms with Gasteiger partial charge in [0.2, 0.25) is 0 Å². The van der Waals surface area contributed by atoms with E-state index in [4.69, 9.17) is 27.0 Å². The molecule has 1 aromatic rings. The largest absolute Gasteiger partial charge is 0.380 e. The molecular weight excluding hydrogens is 405 g/mol. The molecule has 0 saturated heterocycles. The Morgan fingerprint density at radius 1 is 1.43 bits per heavy atom. The molecule has 1 amide bonds. The van der Waals surface area contributed by atoms with Crippen LogP contribution in [-0.4, -0.2) is 46.0 Å². The predicted molar refractivity (Wildman–Crippen MR) is 85.6 cm³/mol. The molecule has 9 heteroatoms. The van der Waals surface area contributed by atoms with Crippen molar-refractivity contribution in [2.45, 2.75) is 11.8 Å². The second-order valence-electron chi connectivity index (χ2n) is 4.12. The Balaban J connectivity index is 3.10. The van der Waals surface area contributed by atoms with Crippen molar-refractivity contribution in [1.82, 2.24) is 4.90 Å². The second kappa shape index (κ2) is 7.78. The van der Waals surface area contributed by atoms with Crippen molar-refractivity contribution < 1.29 is 17.9 Å². The number of ether oxygens (including phenoxy) is 1. The quantitative estimate of drug-likeness (QED) is 0.525. The first-order valence-electron chi connectivity index (χ1n) is 5.95. The monoisotopic (exact) mass is 417 g/mol. The smallest absolute Gasteiger partial charge is 0.262 e. The molecule has 21 heavy (non-hydrogen) atoms. The molecule has 0 radical (unpaired) electrons. The Bertz CT molecular complexity index is 636. The maximum absolute atomic E-state index is 12.3. The highest BCUT2D eigenvalue weighted by Crippen LogP contribution is 2.31. The van der Waals surface area contributed by atoms with Crippen molar-refractivity contribution in [1.29, 1.82) is 0 Å². The number of benzene rings is 1. The number of hydrogen-bond donors (Lipinski definition) is 0. The van der Waals surface area contributed by atoms with Gasteiger partial charge in [0.05, 0.1) is 22.1 Å². The zero-order valence-electron chi connectivity index (χ0n) is 11.4. The standard InChI is InChI=1S/C12H14BrCl2NO4S/c1-3-20-5-4-16(2)12(17)8-6-11(21(15,18)19)9(13)7-10(8)14/h6-7H,3-5H2,1-2H3. The maximum Gasteiger partial charge on any atom is 0.262 e. The van der Waals surface area contributed by atoms with Crippen molar-refractivity contribution in [2.24, 2.45) is 0 Å². The van der Waals surface area contributed by atoms with E-state index in [0.717, 1.165) is 6.07 Å². The highest BCUT2D eigenvalue weighted by atomic mass is 79.9. The first-order valence-corrected chi connectivity index (χ1v) is 9.43. The van der Waals surface area contributed by atoms with Gasteiger partial charge in [-0.3, -0.25) is 4.79 Å². The lowest BCUT2D eigenvalue weighted by molar-refractivity contribution is 0.0710. The van der Waals surface area contributed by atoms with Gasteiger partial charge in [0.25, 0.3) is 15.0 Å². The van der Waals surface area contributed by atoms with Crippen LogP contribution in [0, 0.1) is 0 Å². The molecule has 0 unspecified atom stereocenters. The number of likely N-dealkylation sites (N-methyl/N-ethyl adjacent to an activating group) is 1. The van der Waals surface area contributed by atoms with Crippen LogP contribution in [0.25, 0.3) is 0 Å². The molecule has 0 aliphatic carbocycles. The summed E-state index contributed by atoms with van der Waals surface area (Å²) in [5.41, 5.74) is 0.0677. The molecule has 0 fully saturated rings. The lowest BCUT2D eigenvalue weighted by Gasteiger charge is -2.18. The fourth-order valence-electron chi connectivity index (χ4n) is 1.53. The van der Waals surface area contributed by atoms with E-state index in [9.17, 15) is 13.2 Å². The molecule has 0 aliphatic heterocycles. The van der Waals surface area contributed by atoms with Crippen LogP contribution in [0.3, 0.4) is 0 Å². The van der Waals surface area contributed by atoms with Crippen LogP contribution in [0.15, 0.2) is 21.5 Å². The summed E-state index contributed by atoms with van der Waals surface area (Å²) in [6.45, 7) is 3.15. The van der Waals surface area contributed by atoms with Gasteiger partial charge in [-0.15, -0.1) is 0 Å². The van der Waals surface area contributed by atoms with E-state index in [1.165, 1.54) is 11.0 Å². The molecule has 0 aromatic heterocycles. The number of halogens is 3. The average Bonchev–Trinajstić information content (AvgIpc) is 2.36.